The molecule has 0 unspecified atom stereocenters. The van der Waals surface area contributed by atoms with Gasteiger partial charge < -0.3 is 4.57 Å². The predicted octanol–water partition coefficient (Wildman–Crippen LogP) is 11.9. The fourth-order valence-corrected chi connectivity index (χ4v) is 8.16. The average Bonchev–Trinajstić information content (AvgIpc) is 3.67. The molecule has 7 aromatic carbocycles. The van der Waals surface area contributed by atoms with E-state index < -0.39 is 0 Å². The molecule has 2 heterocycles. The maximum Gasteiger partial charge on any atom is 0.164 e. The van der Waals surface area contributed by atoms with Crippen molar-refractivity contribution in [1.82, 2.24) is 19.5 Å². The molecule has 1 aliphatic carbocycles. The van der Waals surface area contributed by atoms with Gasteiger partial charge in [0.2, 0.25) is 0 Å². The standard InChI is InChI=1S/C48H34N4/c1-48(2)39-27-14-12-25-36(39)42-40(48)30-38(44-43(42)37-26-13-15-28-41(37)52(44)35-23-10-5-11-24-35)33-21-16-22-34(29-33)47-50-45(31-17-6-3-7-18-31)49-46(51-47)32-19-8-4-9-20-32/h3-30H,1-2H3. The summed E-state index contributed by atoms with van der Waals surface area (Å²) in [4.78, 5) is 15.1. The predicted molar refractivity (Wildman–Crippen MR) is 213 cm³/mol. The highest BCUT2D eigenvalue weighted by Gasteiger charge is 2.38. The summed E-state index contributed by atoms with van der Waals surface area (Å²) >= 11 is 0. The molecule has 0 bridgehead atoms. The zero-order chi connectivity index (χ0) is 34.8. The molecule has 2 aromatic heterocycles. The van der Waals surface area contributed by atoms with Gasteiger partial charge in [0, 0.05) is 44.1 Å². The van der Waals surface area contributed by atoms with Gasteiger partial charge in [0.1, 0.15) is 0 Å². The smallest absolute Gasteiger partial charge is 0.164 e. The Labute approximate surface area is 302 Å². The molecular weight excluding hydrogens is 633 g/mol. The van der Waals surface area contributed by atoms with Gasteiger partial charge in [-0.2, -0.15) is 0 Å². The van der Waals surface area contributed by atoms with Crippen LogP contribution in [0, 0.1) is 0 Å². The molecule has 0 radical (unpaired) electrons. The lowest BCUT2D eigenvalue weighted by molar-refractivity contribution is 0.661. The van der Waals surface area contributed by atoms with E-state index in [1.165, 1.54) is 49.6 Å². The Balaban J connectivity index is 1.27. The number of rotatable bonds is 5. The third-order valence-corrected chi connectivity index (χ3v) is 10.6. The topological polar surface area (TPSA) is 43.6 Å². The van der Waals surface area contributed by atoms with Crippen molar-refractivity contribution < 1.29 is 0 Å². The molecule has 1 aliphatic rings. The highest BCUT2D eigenvalue weighted by molar-refractivity contribution is 6.21. The molecule has 0 spiro atoms. The van der Waals surface area contributed by atoms with Gasteiger partial charge in [-0.05, 0) is 58.1 Å². The van der Waals surface area contributed by atoms with Crippen LogP contribution >= 0.6 is 0 Å². The van der Waals surface area contributed by atoms with E-state index in [1.54, 1.807) is 0 Å². The first kappa shape index (κ1) is 30.2. The van der Waals surface area contributed by atoms with Gasteiger partial charge in [-0.25, -0.2) is 15.0 Å². The minimum absolute atomic E-state index is 0.175. The normalized spacial score (nSPS) is 13.0. The first-order chi connectivity index (χ1) is 25.6. The minimum atomic E-state index is -0.175. The molecule has 0 saturated heterocycles. The molecule has 0 atom stereocenters. The van der Waals surface area contributed by atoms with E-state index >= 15 is 0 Å². The third kappa shape index (κ3) is 4.65. The molecule has 0 amide bonds. The van der Waals surface area contributed by atoms with Gasteiger partial charge in [-0.3, -0.25) is 0 Å². The first-order valence-electron chi connectivity index (χ1n) is 17.8. The van der Waals surface area contributed by atoms with E-state index in [4.69, 9.17) is 15.0 Å². The van der Waals surface area contributed by atoms with Gasteiger partial charge in [0.05, 0.1) is 11.0 Å². The van der Waals surface area contributed by atoms with Crippen LogP contribution in [0.25, 0.3) is 83.9 Å². The van der Waals surface area contributed by atoms with Crippen molar-refractivity contribution in [3.63, 3.8) is 0 Å². The van der Waals surface area contributed by atoms with E-state index in [0.29, 0.717) is 17.5 Å². The number of hydrogen-bond donors (Lipinski definition) is 0. The molecule has 0 saturated carbocycles. The Bertz CT molecular complexity index is 2740. The van der Waals surface area contributed by atoms with Crippen LogP contribution in [-0.2, 0) is 5.41 Å². The van der Waals surface area contributed by atoms with Crippen molar-refractivity contribution in [3.8, 4) is 62.1 Å². The number of nitrogens with zero attached hydrogens (tertiary/aromatic N) is 4. The van der Waals surface area contributed by atoms with Crippen LogP contribution < -0.4 is 0 Å². The van der Waals surface area contributed by atoms with Crippen LogP contribution in [0.3, 0.4) is 0 Å². The highest BCUT2D eigenvalue weighted by atomic mass is 15.0. The van der Waals surface area contributed by atoms with Gasteiger partial charge in [0.25, 0.3) is 0 Å². The number of para-hydroxylation sites is 2. The maximum atomic E-state index is 5.08. The van der Waals surface area contributed by atoms with Crippen molar-refractivity contribution in [2.24, 2.45) is 0 Å². The van der Waals surface area contributed by atoms with Gasteiger partial charge in [0.15, 0.2) is 17.5 Å². The Morgan fingerprint density at radius 2 is 0.981 bits per heavy atom. The SMILES string of the molecule is CC1(C)c2ccccc2-c2c1cc(-c1cccc(-c3nc(-c4ccccc4)nc(-c4ccccc4)n3)c1)c1c2c2ccccc2n1-c1ccccc1. The zero-order valence-corrected chi connectivity index (χ0v) is 29.0. The highest BCUT2D eigenvalue weighted by Crippen LogP contribution is 2.55. The molecule has 0 N–H and O–H groups in total. The van der Waals surface area contributed by atoms with Gasteiger partial charge in [-0.1, -0.05) is 153 Å². The maximum absolute atomic E-state index is 5.08. The molecule has 4 heteroatoms. The monoisotopic (exact) mass is 666 g/mol. The van der Waals surface area contributed by atoms with Crippen molar-refractivity contribution in [2.75, 3.05) is 0 Å². The summed E-state index contributed by atoms with van der Waals surface area (Å²) in [6, 6.07) is 60.0. The number of hydrogen-bond acceptors (Lipinski definition) is 3. The quantitative estimate of drug-likeness (QED) is 0.184. The van der Waals surface area contributed by atoms with Crippen molar-refractivity contribution in [2.45, 2.75) is 19.3 Å². The van der Waals surface area contributed by atoms with Crippen LogP contribution in [0.5, 0.6) is 0 Å². The van der Waals surface area contributed by atoms with Crippen molar-refractivity contribution in [3.05, 3.63) is 181 Å². The van der Waals surface area contributed by atoms with Crippen LogP contribution in [0.15, 0.2) is 170 Å². The van der Waals surface area contributed by atoms with Crippen molar-refractivity contribution in [1.29, 1.82) is 0 Å². The molecule has 4 nitrogen and oxygen atoms in total. The third-order valence-electron chi connectivity index (χ3n) is 10.6. The molecule has 10 rings (SSSR count). The summed E-state index contributed by atoms with van der Waals surface area (Å²) in [5.41, 5.74) is 13.8. The minimum Gasteiger partial charge on any atom is -0.309 e. The second-order valence-corrected chi connectivity index (χ2v) is 14.0. The van der Waals surface area contributed by atoms with E-state index in [1.807, 2.05) is 60.7 Å². The van der Waals surface area contributed by atoms with Gasteiger partial charge >= 0.3 is 0 Å². The summed E-state index contributed by atoms with van der Waals surface area (Å²) in [6.45, 7) is 4.72. The van der Waals surface area contributed by atoms with Gasteiger partial charge in [-0.15, -0.1) is 0 Å². The Morgan fingerprint density at radius 1 is 0.442 bits per heavy atom. The van der Waals surface area contributed by atoms with Crippen LogP contribution in [0.1, 0.15) is 25.0 Å². The van der Waals surface area contributed by atoms with Crippen LogP contribution in [0.2, 0.25) is 0 Å². The lowest BCUT2D eigenvalue weighted by Crippen LogP contribution is -2.15. The molecule has 0 fully saturated rings. The molecule has 246 valence electrons. The van der Waals surface area contributed by atoms with E-state index in [-0.39, 0.29) is 5.41 Å². The number of aromatic nitrogens is 4. The summed E-state index contributed by atoms with van der Waals surface area (Å²) in [6.07, 6.45) is 0. The zero-order valence-electron chi connectivity index (χ0n) is 29.0. The second-order valence-electron chi connectivity index (χ2n) is 14.0. The molecular formula is C48H34N4. The Hall–Kier alpha value is -6.65. The Kier molecular flexibility index (Phi) is 6.80. The lowest BCUT2D eigenvalue weighted by Gasteiger charge is -2.23. The summed E-state index contributed by atoms with van der Waals surface area (Å²) in [5.74, 6) is 1.94. The fraction of sp³-hybridized carbons (Fsp3) is 0.0625. The average molecular weight is 667 g/mol. The molecule has 9 aromatic rings. The van der Waals surface area contributed by atoms with Crippen LogP contribution in [0.4, 0.5) is 0 Å². The molecule has 0 aliphatic heterocycles. The number of benzene rings is 7. The van der Waals surface area contributed by atoms with E-state index in [2.05, 4.69) is 128 Å². The first-order valence-corrected chi connectivity index (χ1v) is 17.8. The summed E-state index contributed by atoms with van der Waals surface area (Å²) < 4.78 is 2.45. The summed E-state index contributed by atoms with van der Waals surface area (Å²) in [5, 5.41) is 2.54. The van der Waals surface area contributed by atoms with Crippen molar-refractivity contribution >= 4 is 21.8 Å². The lowest BCUT2D eigenvalue weighted by atomic mass is 9.81. The van der Waals surface area contributed by atoms with E-state index in [9.17, 15) is 0 Å². The Morgan fingerprint density at radius 3 is 1.67 bits per heavy atom. The summed E-state index contributed by atoms with van der Waals surface area (Å²) in [7, 11) is 0. The van der Waals surface area contributed by atoms with Crippen LogP contribution in [-0.4, -0.2) is 19.5 Å². The van der Waals surface area contributed by atoms with E-state index in [0.717, 1.165) is 27.9 Å². The molecule has 52 heavy (non-hydrogen) atoms. The largest absolute Gasteiger partial charge is 0.309 e. The second kappa shape index (κ2) is 11.7. The fourth-order valence-electron chi connectivity index (χ4n) is 8.16. The number of fused-ring (bicyclic) bond motifs is 7.